The van der Waals surface area contributed by atoms with Crippen LogP contribution in [0.15, 0.2) is 18.2 Å². The minimum atomic E-state index is 0.0274. The molecule has 0 spiro atoms. The van der Waals surface area contributed by atoms with E-state index in [2.05, 4.69) is 17.2 Å². The molecule has 4 nitrogen and oxygen atoms in total. The van der Waals surface area contributed by atoms with Gasteiger partial charge in [-0.15, -0.1) is 0 Å². The largest absolute Gasteiger partial charge is 0.381 e. The summed E-state index contributed by atoms with van der Waals surface area (Å²) in [4.78, 5) is 12.3. The molecular formula is C16H20N2O2. The molecule has 0 aromatic heterocycles. The van der Waals surface area contributed by atoms with Crippen LogP contribution in [0, 0.1) is 24.7 Å². The summed E-state index contributed by atoms with van der Waals surface area (Å²) in [5, 5.41) is 2.99. The Morgan fingerprint density at radius 2 is 2.20 bits per heavy atom. The van der Waals surface area contributed by atoms with Crippen LogP contribution in [0.4, 0.5) is 5.69 Å². The van der Waals surface area contributed by atoms with Gasteiger partial charge in [-0.2, -0.15) is 0 Å². The van der Waals surface area contributed by atoms with Crippen LogP contribution in [0.5, 0.6) is 0 Å². The van der Waals surface area contributed by atoms with E-state index in [1.165, 1.54) is 0 Å². The first-order chi connectivity index (χ1) is 9.70. The van der Waals surface area contributed by atoms with Crippen molar-refractivity contribution in [3.05, 3.63) is 29.3 Å². The number of carbonyl (C=O) groups excluding carboxylic acids is 1. The lowest BCUT2D eigenvalue weighted by Crippen LogP contribution is -2.28. The maximum absolute atomic E-state index is 12.3. The Labute approximate surface area is 119 Å². The Balaban J connectivity index is 2.14. The molecule has 1 heterocycles. The zero-order valence-electron chi connectivity index (χ0n) is 11.7. The second-order valence-corrected chi connectivity index (χ2v) is 4.93. The van der Waals surface area contributed by atoms with Crippen LogP contribution in [0.25, 0.3) is 0 Å². The average Bonchev–Trinajstić information content (AvgIpc) is 2.47. The van der Waals surface area contributed by atoms with Crippen molar-refractivity contribution in [2.24, 2.45) is 11.7 Å². The fraction of sp³-hybridized carbons (Fsp3) is 0.438. The first-order valence-corrected chi connectivity index (χ1v) is 6.89. The van der Waals surface area contributed by atoms with Gasteiger partial charge in [0.1, 0.15) is 0 Å². The van der Waals surface area contributed by atoms with E-state index in [9.17, 15) is 4.79 Å². The molecule has 0 aliphatic carbocycles. The average molecular weight is 272 g/mol. The zero-order valence-corrected chi connectivity index (χ0v) is 11.7. The topological polar surface area (TPSA) is 64.3 Å². The van der Waals surface area contributed by atoms with Gasteiger partial charge in [0.15, 0.2) is 0 Å². The summed E-state index contributed by atoms with van der Waals surface area (Å²) in [5.41, 5.74) is 8.06. The van der Waals surface area contributed by atoms with E-state index in [1.807, 2.05) is 25.1 Å². The Hall–Kier alpha value is -1.83. The number of nitrogens with two attached hydrogens (primary N) is 1. The molecule has 0 atom stereocenters. The molecule has 2 rings (SSSR count). The quantitative estimate of drug-likeness (QED) is 0.805. The van der Waals surface area contributed by atoms with Crippen molar-refractivity contribution in [2.75, 3.05) is 25.1 Å². The third-order valence-electron chi connectivity index (χ3n) is 3.35. The first kappa shape index (κ1) is 14.6. The molecule has 1 amide bonds. The van der Waals surface area contributed by atoms with Crippen molar-refractivity contribution in [2.45, 2.75) is 19.8 Å². The fourth-order valence-corrected chi connectivity index (χ4v) is 2.21. The highest BCUT2D eigenvalue weighted by atomic mass is 16.5. The smallest absolute Gasteiger partial charge is 0.227 e. The highest BCUT2D eigenvalue weighted by Gasteiger charge is 2.22. The predicted octanol–water partition coefficient (Wildman–Crippen LogP) is 1.67. The number of nitrogens with one attached hydrogen (secondary N) is 1. The van der Waals surface area contributed by atoms with E-state index in [-0.39, 0.29) is 11.8 Å². The van der Waals surface area contributed by atoms with Crippen molar-refractivity contribution in [3.63, 3.8) is 0 Å². The summed E-state index contributed by atoms with van der Waals surface area (Å²) >= 11 is 0. The number of ether oxygens (including phenoxy) is 1. The van der Waals surface area contributed by atoms with Crippen molar-refractivity contribution < 1.29 is 9.53 Å². The van der Waals surface area contributed by atoms with E-state index in [4.69, 9.17) is 10.5 Å². The second kappa shape index (κ2) is 7.09. The standard InChI is InChI=1S/C16H20N2O2/c1-12-4-5-13(3-2-8-17)15(11-12)18-16(19)14-6-9-20-10-7-14/h4-5,11,14H,6-10,17H2,1H3,(H,18,19). The molecule has 106 valence electrons. The molecule has 1 fully saturated rings. The molecule has 0 radical (unpaired) electrons. The second-order valence-electron chi connectivity index (χ2n) is 4.93. The van der Waals surface area contributed by atoms with Gasteiger partial charge in [-0.3, -0.25) is 4.79 Å². The molecular weight excluding hydrogens is 252 g/mol. The normalized spacial score (nSPS) is 15.3. The summed E-state index contributed by atoms with van der Waals surface area (Å²) in [6, 6.07) is 5.83. The highest BCUT2D eigenvalue weighted by Crippen LogP contribution is 2.21. The van der Waals surface area contributed by atoms with Gasteiger partial charge in [-0.25, -0.2) is 0 Å². The molecule has 4 heteroatoms. The number of anilines is 1. The summed E-state index contributed by atoms with van der Waals surface area (Å²) in [6.07, 6.45) is 1.56. The summed E-state index contributed by atoms with van der Waals surface area (Å²) < 4.78 is 5.28. The number of benzene rings is 1. The number of hydrogen-bond donors (Lipinski definition) is 2. The lowest BCUT2D eigenvalue weighted by Gasteiger charge is -2.21. The maximum atomic E-state index is 12.3. The van der Waals surface area contributed by atoms with E-state index in [0.29, 0.717) is 19.8 Å². The molecule has 1 aliphatic rings. The Morgan fingerprint density at radius 3 is 2.90 bits per heavy atom. The van der Waals surface area contributed by atoms with E-state index in [1.54, 1.807) is 0 Å². The highest BCUT2D eigenvalue weighted by molar-refractivity contribution is 5.94. The summed E-state index contributed by atoms with van der Waals surface area (Å²) in [5.74, 6) is 5.90. The Morgan fingerprint density at radius 1 is 1.45 bits per heavy atom. The SMILES string of the molecule is Cc1ccc(C#CCN)c(NC(=O)C2CCOCC2)c1. The van der Waals surface area contributed by atoms with E-state index >= 15 is 0 Å². The monoisotopic (exact) mass is 272 g/mol. The molecule has 3 N–H and O–H groups in total. The Bertz CT molecular complexity index is 537. The van der Waals surface area contributed by atoms with Gasteiger partial charge in [-0.05, 0) is 37.5 Å². The van der Waals surface area contributed by atoms with Gasteiger partial charge >= 0.3 is 0 Å². The van der Waals surface area contributed by atoms with Crippen molar-refractivity contribution in [1.29, 1.82) is 0 Å². The van der Waals surface area contributed by atoms with Crippen LogP contribution < -0.4 is 11.1 Å². The third kappa shape index (κ3) is 3.83. The van der Waals surface area contributed by atoms with Gasteiger partial charge in [0.25, 0.3) is 0 Å². The van der Waals surface area contributed by atoms with Crippen LogP contribution >= 0.6 is 0 Å². The van der Waals surface area contributed by atoms with Crippen LogP contribution in [0.1, 0.15) is 24.0 Å². The third-order valence-corrected chi connectivity index (χ3v) is 3.35. The van der Waals surface area contributed by atoms with E-state index in [0.717, 1.165) is 29.7 Å². The lowest BCUT2D eigenvalue weighted by molar-refractivity contribution is -0.122. The molecule has 1 aromatic rings. The van der Waals surface area contributed by atoms with Crippen LogP contribution in [0.3, 0.4) is 0 Å². The van der Waals surface area contributed by atoms with Crippen LogP contribution in [0.2, 0.25) is 0 Å². The van der Waals surface area contributed by atoms with Crippen molar-refractivity contribution in [1.82, 2.24) is 0 Å². The van der Waals surface area contributed by atoms with E-state index < -0.39 is 0 Å². The van der Waals surface area contributed by atoms with Gasteiger partial charge < -0.3 is 15.8 Å². The van der Waals surface area contributed by atoms with Crippen LogP contribution in [-0.2, 0) is 9.53 Å². The lowest BCUT2D eigenvalue weighted by atomic mass is 9.99. The van der Waals surface area contributed by atoms with Gasteiger partial charge in [0, 0.05) is 24.7 Å². The molecule has 1 aliphatic heterocycles. The van der Waals surface area contributed by atoms with Crippen LogP contribution in [-0.4, -0.2) is 25.7 Å². The molecule has 1 aromatic carbocycles. The zero-order chi connectivity index (χ0) is 14.4. The molecule has 0 bridgehead atoms. The number of carbonyl (C=O) groups is 1. The minimum Gasteiger partial charge on any atom is -0.381 e. The molecule has 1 saturated heterocycles. The number of amides is 1. The van der Waals surface area contributed by atoms with Gasteiger partial charge in [0.2, 0.25) is 5.91 Å². The maximum Gasteiger partial charge on any atom is 0.227 e. The molecule has 0 saturated carbocycles. The van der Waals surface area contributed by atoms with Crippen molar-refractivity contribution >= 4 is 11.6 Å². The van der Waals surface area contributed by atoms with Gasteiger partial charge in [0.05, 0.1) is 12.2 Å². The number of aryl methyl sites for hydroxylation is 1. The van der Waals surface area contributed by atoms with Crippen molar-refractivity contribution in [3.8, 4) is 11.8 Å². The Kier molecular flexibility index (Phi) is 5.16. The minimum absolute atomic E-state index is 0.0274. The molecule has 0 unspecified atom stereocenters. The molecule has 20 heavy (non-hydrogen) atoms. The first-order valence-electron chi connectivity index (χ1n) is 6.89. The predicted molar refractivity (Wildman–Crippen MR) is 79.3 cm³/mol. The fourth-order valence-electron chi connectivity index (χ4n) is 2.21. The number of rotatable bonds is 2. The summed E-state index contributed by atoms with van der Waals surface area (Å²) in [7, 11) is 0. The summed E-state index contributed by atoms with van der Waals surface area (Å²) in [6.45, 7) is 3.61. The number of hydrogen-bond acceptors (Lipinski definition) is 3. The van der Waals surface area contributed by atoms with Gasteiger partial charge in [-0.1, -0.05) is 17.9 Å².